The van der Waals surface area contributed by atoms with E-state index in [1.165, 1.54) is 28.8 Å². The Balaban J connectivity index is 1.88. The van der Waals surface area contributed by atoms with Crippen LogP contribution < -0.4 is 16.0 Å². The lowest BCUT2D eigenvalue weighted by Gasteiger charge is -2.35. The molecular weight excluding hydrogens is 604 g/mol. The van der Waals surface area contributed by atoms with Gasteiger partial charge < -0.3 is 26.0 Å². The Morgan fingerprint density at radius 3 is 2.02 bits per heavy atom. The lowest BCUT2D eigenvalue weighted by molar-refractivity contribution is -0.148. The van der Waals surface area contributed by atoms with Crippen LogP contribution in [-0.4, -0.2) is 80.8 Å². The number of rotatable bonds is 11. The molecule has 0 aromatic heterocycles. The summed E-state index contributed by atoms with van der Waals surface area (Å²) in [6.45, 7) is 15.4. The summed E-state index contributed by atoms with van der Waals surface area (Å²) < 4.78 is -0.623. The maximum atomic E-state index is 14.0. The first-order valence-corrected chi connectivity index (χ1v) is 16.4. The Kier molecular flexibility index (Phi) is 11.8. The molecule has 0 saturated carbocycles. The van der Waals surface area contributed by atoms with Crippen molar-refractivity contribution in [3.63, 3.8) is 0 Å². The van der Waals surface area contributed by atoms with E-state index >= 15 is 0 Å². The Labute approximate surface area is 276 Å². The van der Waals surface area contributed by atoms with Crippen LogP contribution in [0, 0.1) is 10.8 Å². The number of hydrogen-bond acceptors (Lipinski definition) is 7. The Hall–Kier alpha value is -3.70. The molecular formula is C35H48N4O6S. The van der Waals surface area contributed by atoms with Gasteiger partial charge in [0.15, 0.2) is 6.10 Å². The zero-order valence-electron chi connectivity index (χ0n) is 28.0. The lowest BCUT2D eigenvalue weighted by Crippen LogP contribution is -2.61. The van der Waals surface area contributed by atoms with Crippen LogP contribution in [0.4, 0.5) is 0 Å². The smallest absolute Gasteiger partial charge is 0.293 e. The van der Waals surface area contributed by atoms with Crippen LogP contribution in [-0.2, 0) is 25.6 Å². The maximum absolute atomic E-state index is 14.0. The fourth-order valence-corrected chi connectivity index (χ4v) is 6.31. The van der Waals surface area contributed by atoms with Gasteiger partial charge in [0.25, 0.3) is 11.8 Å². The van der Waals surface area contributed by atoms with Gasteiger partial charge in [-0.15, -0.1) is 11.8 Å². The molecule has 1 fully saturated rings. The quantitative estimate of drug-likeness (QED) is 0.215. The Morgan fingerprint density at radius 1 is 0.913 bits per heavy atom. The molecule has 10 nitrogen and oxygen atoms in total. The van der Waals surface area contributed by atoms with Crippen LogP contribution in [0.1, 0.15) is 71.3 Å². The highest BCUT2D eigenvalue weighted by molar-refractivity contribution is 8.00. The fraction of sp³-hybridized carbons (Fsp3) is 0.514. The molecule has 1 saturated heterocycles. The Bertz CT molecular complexity index is 1400. The minimum atomic E-state index is -1.71. The van der Waals surface area contributed by atoms with Crippen molar-refractivity contribution < 1.29 is 29.1 Å². The molecule has 1 aliphatic heterocycles. The summed E-state index contributed by atoms with van der Waals surface area (Å²) in [5.41, 5.74) is -0.0702. The van der Waals surface area contributed by atoms with Gasteiger partial charge in [0.1, 0.15) is 12.1 Å². The molecule has 1 aliphatic rings. The molecule has 46 heavy (non-hydrogen) atoms. The maximum Gasteiger partial charge on any atom is 0.293 e. The van der Waals surface area contributed by atoms with Crippen molar-refractivity contribution in [2.24, 2.45) is 10.8 Å². The summed E-state index contributed by atoms with van der Waals surface area (Å²) in [6, 6.07) is 14.0. The molecule has 4 amide bonds. The van der Waals surface area contributed by atoms with Crippen LogP contribution in [0.15, 0.2) is 60.7 Å². The number of amides is 4. The minimum Gasteiger partial charge on any atom is -0.381 e. The third-order valence-electron chi connectivity index (χ3n) is 7.78. The van der Waals surface area contributed by atoms with Crippen molar-refractivity contribution in [1.29, 1.82) is 0 Å². The number of Topliss-reactive ketones (excluding diaryl/α,β-unsaturated/α-hetero) is 1. The number of thioether (sulfide) groups is 1. The average Bonchev–Trinajstić information content (AvgIpc) is 3.31. The van der Waals surface area contributed by atoms with Gasteiger partial charge in [-0.1, -0.05) is 102 Å². The van der Waals surface area contributed by atoms with Gasteiger partial charge in [-0.3, -0.25) is 24.0 Å². The molecule has 0 aliphatic carbocycles. The Morgan fingerprint density at radius 2 is 1.48 bits per heavy atom. The largest absolute Gasteiger partial charge is 0.381 e. The molecule has 0 radical (unpaired) electrons. The number of benzene rings is 2. The highest BCUT2D eigenvalue weighted by Crippen LogP contribution is 2.40. The summed E-state index contributed by atoms with van der Waals surface area (Å²) in [5, 5.41) is 19.9. The van der Waals surface area contributed by atoms with E-state index < -0.39 is 57.9 Å². The first kappa shape index (κ1) is 36.8. The topological polar surface area (TPSA) is 145 Å². The lowest BCUT2D eigenvalue weighted by atomic mass is 9.85. The standard InChI is InChI=1S/C35H48N4O6S/c1-33(2,3)20-36-31(44)28-35(7,8)46-21-39(28)32(45)26(41)24(19-22-15-11-9-12-16-22)37-30(43)27(34(4,5)6)38-29(42)25(40)23-17-13-10-14-18-23/h9-18,24,26-28,41H,19-21H2,1-8H3,(H,36,44)(H,37,43)(H,38,42)/t24-,26-,27+,28+/m0/s1. The van der Waals surface area contributed by atoms with E-state index in [2.05, 4.69) is 16.0 Å². The second kappa shape index (κ2) is 14.8. The average molecular weight is 653 g/mol. The monoisotopic (exact) mass is 652 g/mol. The van der Waals surface area contributed by atoms with E-state index in [-0.39, 0.29) is 29.2 Å². The summed E-state index contributed by atoms with van der Waals surface area (Å²) in [5.74, 6) is -3.21. The van der Waals surface area contributed by atoms with Crippen LogP contribution in [0.2, 0.25) is 0 Å². The SMILES string of the molecule is CC(C)(C)CNC(=O)[C@H]1N(C(=O)[C@@H](O)[C@H](Cc2ccccc2)NC(=O)[C@@H](NC(=O)C(=O)c2ccccc2)C(C)(C)C)CSC1(C)C. The van der Waals surface area contributed by atoms with E-state index in [9.17, 15) is 29.1 Å². The number of hydrogen-bond donors (Lipinski definition) is 4. The van der Waals surface area contributed by atoms with Crippen LogP contribution >= 0.6 is 11.8 Å². The van der Waals surface area contributed by atoms with Gasteiger partial charge in [0.05, 0.1) is 11.9 Å². The molecule has 4 N–H and O–H groups in total. The first-order valence-electron chi connectivity index (χ1n) is 15.5. The number of carbonyl (C=O) groups is 5. The number of aliphatic hydroxyl groups excluding tert-OH is 1. The number of carbonyl (C=O) groups excluding carboxylic acids is 5. The highest BCUT2D eigenvalue weighted by Gasteiger charge is 2.50. The third kappa shape index (κ3) is 9.65. The highest BCUT2D eigenvalue weighted by atomic mass is 32.2. The van der Waals surface area contributed by atoms with Crippen molar-refractivity contribution in [1.82, 2.24) is 20.9 Å². The van der Waals surface area contributed by atoms with Crippen LogP contribution in [0.3, 0.4) is 0 Å². The number of aliphatic hydroxyl groups is 1. The van der Waals surface area contributed by atoms with E-state index in [0.717, 1.165) is 5.56 Å². The zero-order chi connectivity index (χ0) is 34.4. The fourth-order valence-electron chi connectivity index (χ4n) is 5.17. The minimum absolute atomic E-state index is 0.0957. The van der Waals surface area contributed by atoms with Gasteiger partial charge in [0, 0.05) is 16.9 Å². The van der Waals surface area contributed by atoms with Crippen molar-refractivity contribution >= 4 is 41.2 Å². The summed E-state index contributed by atoms with van der Waals surface area (Å²) >= 11 is 1.44. The molecule has 3 rings (SSSR count). The number of ketones is 1. The molecule has 4 atom stereocenters. The van der Waals surface area contributed by atoms with Crippen LogP contribution in [0.5, 0.6) is 0 Å². The molecule has 1 heterocycles. The predicted octanol–water partition coefficient (Wildman–Crippen LogP) is 3.33. The van der Waals surface area contributed by atoms with Gasteiger partial charge in [-0.25, -0.2) is 0 Å². The summed E-state index contributed by atoms with van der Waals surface area (Å²) in [6.07, 6.45) is -1.61. The van der Waals surface area contributed by atoms with Crippen molar-refractivity contribution in [3.8, 4) is 0 Å². The molecule has 2 aromatic rings. The predicted molar refractivity (Wildman–Crippen MR) is 180 cm³/mol. The van der Waals surface area contributed by atoms with E-state index in [0.29, 0.717) is 6.54 Å². The van der Waals surface area contributed by atoms with E-state index in [4.69, 9.17) is 0 Å². The molecule has 250 valence electrons. The van der Waals surface area contributed by atoms with E-state index in [1.54, 1.807) is 39.0 Å². The van der Waals surface area contributed by atoms with Crippen LogP contribution in [0.25, 0.3) is 0 Å². The van der Waals surface area contributed by atoms with Crippen molar-refractivity contribution in [2.45, 2.75) is 90.8 Å². The van der Waals surface area contributed by atoms with E-state index in [1.807, 2.05) is 65.0 Å². The molecule has 0 bridgehead atoms. The van der Waals surface area contributed by atoms with Gasteiger partial charge >= 0.3 is 0 Å². The molecule has 2 aromatic carbocycles. The normalized spacial score (nSPS) is 18.2. The number of nitrogens with zero attached hydrogens (tertiary/aromatic N) is 1. The second-order valence-corrected chi connectivity index (χ2v) is 16.2. The molecule has 0 unspecified atom stereocenters. The second-order valence-electron chi connectivity index (χ2n) is 14.6. The summed E-state index contributed by atoms with van der Waals surface area (Å²) in [7, 11) is 0. The summed E-state index contributed by atoms with van der Waals surface area (Å²) in [4.78, 5) is 68.4. The first-order chi connectivity index (χ1) is 21.3. The van der Waals surface area contributed by atoms with Gasteiger partial charge in [-0.2, -0.15) is 0 Å². The zero-order valence-corrected chi connectivity index (χ0v) is 28.9. The van der Waals surface area contributed by atoms with Gasteiger partial charge in [0.2, 0.25) is 17.6 Å². The molecule has 11 heteroatoms. The molecule has 0 spiro atoms. The van der Waals surface area contributed by atoms with Gasteiger partial charge in [-0.05, 0) is 36.7 Å². The van der Waals surface area contributed by atoms with Crippen molar-refractivity contribution in [2.75, 3.05) is 12.4 Å². The van der Waals surface area contributed by atoms with Crippen molar-refractivity contribution in [3.05, 3.63) is 71.8 Å². The number of nitrogens with one attached hydrogen (secondary N) is 3. The third-order valence-corrected chi connectivity index (χ3v) is 9.15.